The van der Waals surface area contributed by atoms with Gasteiger partial charge in [-0.15, -0.1) is 0 Å². The van der Waals surface area contributed by atoms with Crippen LogP contribution in [0.5, 0.6) is 0 Å². The number of hydrogen-bond acceptors (Lipinski definition) is 4. The van der Waals surface area contributed by atoms with Crippen LogP contribution in [0.15, 0.2) is 36.5 Å². The Balaban J connectivity index is 1.76. The SMILES string of the molecule is C[C@H]1CCN(C(=O)OC(C)(C)C)[C@@H]1C(=O)Nc1ccc2ncccc2c1. The molecule has 0 unspecified atom stereocenters. The summed E-state index contributed by atoms with van der Waals surface area (Å²) in [6, 6.07) is 8.85. The number of hydrogen-bond donors (Lipinski definition) is 1. The minimum Gasteiger partial charge on any atom is -0.444 e. The highest BCUT2D eigenvalue weighted by Crippen LogP contribution is 2.27. The van der Waals surface area contributed by atoms with E-state index in [-0.39, 0.29) is 11.8 Å². The van der Waals surface area contributed by atoms with Gasteiger partial charge in [0.1, 0.15) is 11.6 Å². The topological polar surface area (TPSA) is 71.5 Å². The number of carbonyl (C=O) groups excluding carboxylic acids is 2. The highest BCUT2D eigenvalue weighted by molar-refractivity contribution is 5.98. The van der Waals surface area contributed by atoms with Crippen molar-refractivity contribution in [3.05, 3.63) is 36.5 Å². The monoisotopic (exact) mass is 355 g/mol. The second-order valence-corrected chi connectivity index (χ2v) is 7.78. The van der Waals surface area contributed by atoms with Crippen LogP contribution in [0.4, 0.5) is 10.5 Å². The first-order valence-corrected chi connectivity index (χ1v) is 8.90. The van der Waals surface area contributed by atoms with Gasteiger partial charge in [0.15, 0.2) is 0 Å². The molecule has 2 atom stereocenters. The van der Waals surface area contributed by atoms with Crippen LogP contribution >= 0.6 is 0 Å². The molecular weight excluding hydrogens is 330 g/mol. The molecule has 6 heteroatoms. The average molecular weight is 355 g/mol. The first kappa shape index (κ1) is 18.2. The summed E-state index contributed by atoms with van der Waals surface area (Å²) < 4.78 is 5.46. The van der Waals surface area contributed by atoms with Crippen LogP contribution in [0.1, 0.15) is 34.1 Å². The van der Waals surface area contributed by atoms with Crippen LogP contribution in [0.2, 0.25) is 0 Å². The zero-order chi connectivity index (χ0) is 18.9. The van der Waals surface area contributed by atoms with Crippen LogP contribution in [0, 0.1) is 5.92 Å². The Labute approximate surface area is 153 Å². The zero-order valence-corrected chi connectivity index (χ0v) is 15.7. The minimum atomic E-state index is -0.588. The molecule has 1 saturated heterocycles. The molecule has 3 rings (SSSR count). The van der Waals surface area contributed by atoms with Crippen LogP contribution in [-0.4, -0.2) is 40.1 Å². The van der Waals surface area contributed by atoms with E-state index in [1.165, 1.54) is 4.90 Å². The van der Waals surface area contributed by atoms with Crippen molar-refractivity contribution in [2.24, 2.45) is 5.92 Å². The van der Waals surface area contributed by atoms with Gasteiger partial charge in [-0.2, -0.15) is 0 Å². The molecule has 0 bridgehead atoms. The number of carbonyl (C=O) groups is 2. The Kier molecular flexibility index (Phi) is 4.85. The summed E-state index contributed by atoms with van der Waals surface area (Å²) in [7, 11) is 0. The number of nitrogens with zero attached hydrogens (tertiary/aromatic N) is 2. The molecule has 26 heavy (non-hydrogen) atoms. The van der Waals surface area contributed by atoms with Crippen molar-refractivity contribution in [2.45, 2.75) is 45.8 Å². The highest BCUT2D eigenvalue weighted by Gasteiger charge is 2.41. The molecule has 1 N–H and O–H groups in total. The number of fused-ring (bicyclic) bond motifs is 1. The highest BCUT2D eigenvalue weighted by atomic mass is 16.6. The van der Waals surface area contributed by atoms with Gasteiger partial charge < -0.3 is 10.1 Å². The quantitative estimate of drug-likeness (QED) is 0.889. The van der Waals surface area contributed by atoms with E-state index in [1.807, 2.05) is 58.0 Å². The maximum Gasteiger partial charge on any atom is 0.410 e. The Bertz CT molecular complexity index is 828. The number of anilines is 1. The predicted octanol–water partition coefficient (Wildman–Crippen LogP) is 3.82. The van der Waals surface area contributed by atoms with Gasteiger partial charge in [0.05, 0.1) is 5.52 Å². The molecule has 1 aromatic carbocycles. The second-order valence-electron chi connectivity index (χ2n) is 7.78. The number of nitrogens with one attached hydrogen (secondary N) is 1. The van der Waals surface area contributed by atoms with Gasteiger partial charge in [-0.05, 0) is 57.4 Å². The first-order valence-electron chi connectivity index (χ1n) is 8.90. The molecule has 1 fully saturated rings. The first-order chi connectivity index (χ1) is 12.2. The van der Waals surface area contributed by atoms with Crippen molar-refractivity contribution in [3.63, 3.8) is 0 Å². The summed E-state index contributed by atoms with van der Waals surface area (Å²) in [6.45, 7) is 7.97. The molecule has 1 aliphatic rings. The fraction of sp³-hybridized carbons (Fsp3) is 0.450. The molecule has 0 radical (unpaired) electrons. The Morgan fingerprint density at radius 2 is 2.04 bits per heavy atom. The minimum absolute atomic E-state index is 0.0737. The van der Waals surface area contributed by atoms with Crippen LogP contribution < -0.4 is 5.32 Å². The lowest BCUT2D eigenvalue weighted by Crippen LogP contribution is -2.47. The normalized spacial score (nSPS) is 20.2. The number of amides is 2. The third-order valence-electron chi connectivity index (χ3n) is 4.47. The lowest BCUT2D eigenvalue weighted by Gasteiger charge is -2.29. The van der Waals surface area contributed by atoms with E-state index in [2.05, 4.69) is 10.3 Å². The standard InChI is InChI=1S/C20H25N3O3/c1-13-9-11-23(19(25)26-20(2,3)4)17(13)18(24)22-15-7-8-16-14(12-15)6-5-10-21-16/h5-8,10,12-13,17H,9,11H2,1-4H3,(H,22,24)/t13-,17-/m0/s1. The van der Waals surface area contributed by atoms with Crippen molar-refractivity contribution in [1.82, 2.24) is 9.88 Å². The third-order valence-corrected chi connectivity index (χ3v) is 4.47. The van der Waals surface area contributed by atoms with Gasteiger partial charge >= 0.3 is 6.09 Å². The molecule has 1 aliphatic heterocycles. The maximum atomic E-state index is 12.9. The van der Waals surface area contributed by atoms with Crippen LogP contribution in [0.25, 0.3) is 10.9 Å². The molecule has 2 aromatic rings. The number of likely N-dealkylation sites (tertiary alicyclic amines) is 1. The van der Waals surface area contributed by atoms with Crippen molar-refractivity contribution in [3.8, 4) is 0 Å². The molecule has 0 saturated carbocycles. The molecule has 2 amide bonds. The van der Waals surface area contributed by atoms with Crippen molar-refractivity contribution in [2.75, 3.05) is 11.9 Å². The fourth-order valence-corrected chi connectivity index (χ4v) is 3.24. The summed E-state index contributed by atoms with van der Waals surface area (Å²) in [5.41, 5.74) is 0.976. The van der Waals surface area contributed by atoms with E-state index in [1.54, 1.807) is 6.20 Å². The van der Waals surface area contributed by atoms with Crippen molar-refractivity contribution >= 4 is 28.6 Å². The summed E-state index contributed by atoms with van der Waals surface area (Å²) in [5, 5.41) is 3.89. The second kappa shape index (κ2) is 6.94. The number of pyridine rings is 1. The van der Waals surface area contributed by atoms with Crippen LogP contribution in [0.3, 0.4) is 0 Å². The van der Waals surface area contributed by atoms with E-state index in [9.17, 15) is 9.59 Å². The van der Waals surface area contributed by atoms with E-state index in [0.29, 0.717) is 12.2 Å². The lowest BCUT2D eigenvalue weighted by molar-refractivity contribution is -0.121. The maximum absolute atomic E-state index is 12.9. The van der Waals surface area contributed by atoms with Gasteiger partial charge in [-0.25, -0.2) is 4.79 Å². The summed E-state index contributed by atoms with van der Waals surface area (Å²) in [5.74, 6) is -0.117. The molecule has 138 valence electrons. The Morgan fingerprint density at radius 3 is 2.77 bits per heavy atom. The molecule has 0 aliphatic carbocycles. The summed E-state index contributed by atoms with van der Waals surface area (Å²) in [6.07, 6.45) is 2.07. The molecule has 0 spiro atoms. The molecule has 6 nitrogen and oxygen atoms in total. The van der Waals surface area contributed by atoms with E-state index in [4.69, 9.17) is 4.74 Å². The van der Waals surface area contributed by atoms with Gasteiger partial charge in [0.25, 0.3) is 0 Å². The van der Waals surface area contributed by atoms with Gasteiger partial charge in [-0.1, -0.05) is 13.0 Å². The smallest absolute Gasteiger partial charge is 0.410 e. The number of ether oxygens (including phenoxy) is 1. The summed E-state index contributed by atoms with van der Waals surface area (Å²) >= 11 is 0. The molecule has 1 aromatic heterocycles. The van der Waals surface area contributed by atoms with Crippen molar-refractivity contribution in [1.29, 1.82) is 0 Å². The van der Waals surface area contributed by atoms with E-state index >= 15 is 0 Å². The van der Waals surface area contributed by atoms with Crippen LogP contribution in [-0.2, 0) is 9.53 Å². The number of benzene rings is 1. The summed E-state index contributed by atoms with van der Waals surface area (Å²) in [4.78, 5) is 31.1. The van der Waals surface area contributed by atoms with Crippen molar-refractivity contribution < 1.29 is 14.3 Å². The van der Waals surface area contributed by atoms with Gasteiger partial charge in [0.2, 0.25) is 5.91 Å². The van der Waals surface area contributed by atoms with Gasteiger partial charge in [-0.3, -0.25) is 14.7 Å². The molecule has 2 heterocycles. The van der Waals surface area contributed by atoms with E-state index in [0.717, 1.165) is 17.3 Å². The Morgan fingerprint density at radius 1 is 1.27 bits per heavy atom. The van der Waals surface area contributed by atoms with Gasteiger partial charge in [0, 0.05) is 23.8 Å². The largest absolute Gasteiger partial charge is 0.444 e. The average Bonchev–Trinajstić information content (AvgIpc) is 2.95. The number of aromatic nitrogens is 1. The fourth-order valence-electron chi connectivity index (χ4n) is 3.24. The Hall–Kier alpha value is -2.63. The third kappa shape index (κ3) is 3.95. The number of rotatable bonds is 2. The lowest BCUT2D eigenvalue weighted by atomic mass is 10.0. The zero-order valence-electron chi connectivity index (χ0n) is 15.7. The van der Waals surface area contributed by atoms with E-state index < -0.39 is 17.7 Å². The predicted molar refractivity (Wildman–Crippen MR) is 101 cm³/mol. The molecular formula is C20H25N3O3.